The fourth-order valence-electron chi connectivity index (χ4n) is 3.52. The molecule has 120 valence electrons. The van der Waals surface area contributed by atoms with Crippen molar-refractivity contribution in [3.05, 3.63) is 28.8 Å². The minimum atomic E-state index is -0.815. The van der Waals surface area contributed by atoms with E-state index in [1.54, 1.807) is 0 Å². The highest BCUT2D eigenvalue weighted by atomic mass is 16.5. The predicted molar refractivity (Wildman–Crippen MR) is 87.0 cm³/mol. The summed E-state index contributed by atoms with van der Waals surface area (Å²) in [6, 6.07) is 4.57. The molecule has 1 saturated carbocycles. The third-order valence-corrected chi connectivity index (χ3v) is 4.96. The lowest BCUT2D eigenvalue weighted by Crippen LogP contribution is -2.40. The second kappa shape index (κ2) is 6.29. The van der Waals surface area contributed by atoms with E-state index >= 15 is 0 Å². The van der Waals surface area contributed by atoms with E-state index < -0.39 is 5.97 Å². The molecule has 0 radical (unpaired) electrons. The van der Waals surface area contributed by atoms with Crippen LogP contribution in [0.5, 0.6) is 0 Å². The van der Waals surface area contributed by atoms with Crippen molar-refractivity contribution in [2.45, 2.75) is 51.5 Å². The van der Waals surface area contributed by atoms with Crippen LogP contribution in [0.15, 0.2) is 12.1 Å². The smallest absolute Gasteiger partial charge is 0.336 e. The zero-order valence-corrected chi connectivity index (χ0v) is 13.5. The number of ether oxygens (including phenoxy) is 1. The van der Waals surface area contributed by atoms with E-state index in [9.17, 15) is 9.90 Å². The molecule has 22 heavy (non-hydrogen) atoms. The summed E-state index contributed by atoms with van der Waals surface area (Å²) in [5.41, 5.74) is 3.66. The zero-order chi connectivity index (χ0) is 15.7. The van der Waals surface area contributed by atoms with Gasteiger partial charge >= 0.3 is 5.97 Å². The molecule has 0 amide bonds. The summed E-state index contributed by atoms with van der Waals surface area (Å²) in [7, 11) is 0. The van der Waals surface area contributed by atoms with Crippen molar-refractivity contribution in [1.29, 1.82) is 0 Å². The molecule has 1 aliphatic carbocycles. The Kier molecular flexibility index (Phi) is 4.39. The highest BCUT2D eigenvalue weighted by molar-refractivity contribution is 5.92. The normalized spacial score (nSPS) is 19.2. The number of benzene rings is 1. The van der Waals surface area contributed by atoms with Gasteiger partial charge in [0.05, 0.1) is 5.56 Å². The van der Waals surface area contributed by atoms with Crippen molar-refractivity contribution in [2.24, 2.45) is 0 Å². The molecular weight excluding hydrogens is 278 g/mol. The minimum Gasteiger partial charge on any atom is -0.478 e. The van der Waals surface area contributed by atoms with Gasteiger partial charge in [-0.1, -0.05) is 0 Å². The lowest BCUT2D eigenvalue weighted by atomic mass is 9.97. The predicted octanol–water partition coefficient (Wildman–Crippen LogP) is 3.58. The Morgan fingerprint density at radius 3 is 2.50 bits per heavy atom. The number of carboxylic acids is 1. The number of aromatic carboxylic acids is 1. The summed E-state index contributed by atoms with van der Waals surface area (Å²) in [6.45, 7) is 6.60. The maximum atomic E-state index is 11.6. The zero-order valence-electron chi connectivity index (χ0n) is 13.5. The molecule has 3 rings (SSSR count). The van der Waals surface area contributed by atoms with Crippen LogP contribution in [0.2, 0.25) is 0 Å². The molecule has 2 aliphatic rings. The average Bonchev–Trinajstić information content (AvgIpc) is 3.35. The topological polar surface area (TPSA) is 49.8 Å². The lowest BCUT2D eigenvalue weighted by Gasteiger charge is -2.36. The summed E-state index contributed by atoms with van der Waals surface area (Å²) >= 11 is 0. The van der Waals surface area contributed by atoms with Gasteiger partial charge in [-0.15, -0.1) is 0 Å². The highest BCUT2D eigenvalue weighted by Gasteiger charge is 2.29. The molecule has 1 N–H and O–H groups in total. The summed E-state index contributed by atoms with van der Waals surface area (Å²) in [5.74, 6) is -0.255. The molecular formula is C18H25NO3. The van der Waals surface area contributed by atoms with E-state index in [0.717, 1.165) is 43.9 Å². The van der Waals surface area contributed by atoms with Gasteiger partial charge in [0.2, 0.25) is 0 Å². The molecule has 1 heterocycles. The number of rotatable bonds is 5. The monoisotopic (exact) mass is 303 g/mol. The number of carboxylic acid groups (broad SMARTS) is 1. The van der Waals surface area contributed by atoms with Gasteiger partial charge in [0.25, 0.3) is 0 Å². The van der Waals surface area contributed by atoms with E-state index in [-0.39, 0.29) is 0 Å². The second-order valence-corrected chi connectivity index (χ2v) is 6.42. The average molecular weight is 303 g/mol. The summed E-state index contributed by atoms with van der Waals surface area (Å²) in [6.07, 6.45) is 4.41. The molecule has 4 heteroatoms. The molecule has 1 aromatic rings. The van der Waals surface area contributed by atoms with Crippen molar-refractivity contribution in [2.75, 3.05) is 24.7 Å². The van der Waals surface area contributed by atoms with Gasteiger partial charge in [0, 0.05) is 31.5 Å². The van der Waals surface area contributed by atoms with Crippen LogP contribution in [0, 0.1) is 6.92 Å². The van der Waals surface area contributed by atoms with E-state index in [1.807, 2.05) is 13.0 Å². The molecule has 1 aliphatic heterocycles. The van der Waals surface area contributed by atoms with Gasteiger partial charge in [0.1, 0.15) is 0 Å². The number of hydrogen-bond donors (Lipinski definition) is 1. The van der Waals surface area contributed by atoms with Gasteiger partial charge in [-0.05, 0) is 68.7 Å². The number of hydrogen-bond acceptors (Lipinski definition) is 3. The summed E-state index contributed by atoms with van der Waals surface area (Å²) < 4.78 is 5.47. The quantitative estimate of drug-likeness (QED) is 0.903. The van der Waals surface area contributed by atoms with Crippen LogP contribution in [0.25, 0.3) is 0 Å². The molecule has 4 nitrogen and oxygen atoms in total. The second-order valence-electron chi connectivity index (χ2n) is 6.42. The molecule has 2 fully saturated rings. The van der Waals surface area contributed by atoms with E-state index in [4.69, 9.17) is 4.74 Å². The molecule has 1 aromatic carbocycles. The van der Waals surface area contributed by atoms with Gasteiger partial charge in [-0.25, -0.2) is 4.79 Å². The van der Waals surface area contributed by atoms with Crippen LogP contribution in [0.4, 0.5) is 5.69 Å². The van der Waals surface area contributed by atoms with Crippen LogP contribution in [-0.2, 0) is 4.74 Å². The highest BCUT2D eigenvalue weighted by Crippen LogP contribution is 2.43. The number of nitrogens with zero attached hydrogens (tertiary/aromatic N) is 1. The van der Waals surface area contributed by atoms with Gasteiger partial charge < -0.3 is 14.7 Å². The van der Waals surface area contributed by atoms with E-state index in [0.29, 0.717) is 17.5 Å². The largest absolute Gasteiger partial charge is 0.478 e. The first kappa shape index (κ1) is 15.3. The first-order valence-corrected chi connectivity index (χ1v) is 8.34. The maximum Gasteiger partial charge on any atom is 0.336 e. The Labute approximate surface area is 132 Å². The van der Waals surface area contributed by atoms with Crippen molar-refractivity contribution in [3.8, 4) is 0 Å². The van der Waals surface area contributed by atoms with E-state index in [2.05, 4.69) is 17.9 Å². The third kappa shape index (κ3) is 2.98. The molecule has 0 unspecified atom stereocenters. The van der Waals surface area contributed by atoms with Crippen LogP contribution in [0.1, 0.15) is 60.0 Å². The Morgan fingerprint density at radius 1 is 1.27 bits per heavy atom. The van der Waals surface area contributed by atoms with Crippen molar-refractivity contribution in [1.82, 2.24) is 0 Å². The third-order valence-electron chi connectivity index (χ3n) is 4.96. The fourth-order valence-corrected chi connectivity index (χ4v) is 3.52. The van der Waals surface area contributed by atoms with Gasteiger partial charge in [-0.3, -0.25) is 0 Å². The standard InChI is InChI=1S/C18H25NO3/c1-3-19(15-6-8-22-9-7-15)17-11-14(13-4-5-13)10-16(12(17)2)18(20)21/h10-11,13,15H,3-9H2,1-2H3,(H,20,21). The fraction of sp³-hybridized carbons (Fsp3) is 0.611. The first-order chi connectivity index (χ1) is 10.6. The van der Waals surface area contributed by atoms with Crippen molar-refractivity contribution < 1.29 is 14.6 Å². The number of anilines is 1. The lowest BCUT2D eigenvalue weighted by molar-refractivity contribution is 0.0695. The van der Waals surface area contributed by atoms with Crippen molar-refractivity contribution >= 4 is 11.7 Å². The summed E-state index contributed by atoms with van der Waals surface area (Å²) in [5, 5.41) is 9.54. The molecule has 0 spiro atoms. The maximum absolute atomic E-state index is 11.6. The van der Waals surface area contributed by atoms with Crippen LogP contribution >= 0.6 is 0 Å². The van der Waals surface area contributed by atoms with Crippen LogP contribution in [0.3, 0.4) is 0 Å². The van der Waals surface area contributed by atoms with Gasteiger partial charge in [0.15, 0.2) is 0 Å². The number of carbonyl (C=O) groups is 1. The van der Waals surface area contributed by atoms with Crippen LogP contribution < -0.4 is 4.90 Å². The molecule has 1 saturated heterocycles. The summed E-state index contributed by atoms with van der Waals surface area (Å²) in [4.78, 5) is 14.0. The first-order valence-electron chi connectivity index (χ1n) is 8.34. The molecule has 0 atom stereocenters. The minimum absolute atomic E-state index is 0.452. The van der Waals surface area contributed by atoms with E-state index in [1.165, 1.54) is 18.4 Å². The SMILES string of the molecule is CCN(c1cc(C2CC2)cc(C(=O)O)c1C)C1CCOCC1. The molecule has 0 aromatic heterocycles. The Bertz CT molecular complexity index is 560. The van der Waals surface area contributed by atoms with Crippen molar-refractivity contribution in [3.63, 3.8) is 0 Å². The Balaban J connectivity index is 2.00. The Morgan fingerprint density at radius 2 is 1.95 bits per heavy atom. The van der Waals surface area contributed by atoms with Crippen LogP contribution in [-0.4, -0.2) is 36.9 Å². The molecule has 0 bridgehead atoms. The van der Waals surface area contributed by atoms with Gasteiger partial charge in [-0.2, -0.15) is 0 Å². The Hall–Kier alpha value is -1.55.